The molecule has 31 heavy (non-hydrogen) atoms. The molecule has 8 heteroatoms. The van der Waals surface area contributed by atoms with Gasteiger partial charge in [-0.1, -0.05) is 36.4 Å². The van der Waals surface area contributed by atoms with Gasteiger partial charge in [-0.2, -0.15) is 0 Å². The van der Waals surface area contributed by atoms with Crippen LogP contribution in [0.2, 0.25) is 0 Å². The van der Waals surface area contributed by atoms with Crippen LogP contribution in [0.25, 0.3) is 0 Å². The number of benzene rings is 3. The zero-order valence-electron chi connectivity index (χ0n) is 16.1. The number of hydrogen-bond donors (Lipinski definition) is 1. The highest BCUT2D eigenvalue weighted by Gasteiger charge is 2.38. The minimum atomic E-state index is -4.79. The second-order valence-corrected chi connectivity index (χ2v) is 6.95. The van der Waals surface area contributed by atoms with Crippen LogP contribution in [0, 0.1) is 0 Å². The molecule has 3 aromatic carbocycles. The first kappa shape index (κ1) is 20.5. The van der Waals surface area contributed by atoms with Gasteiger partial charge in [0.15, 0.2) is 0 Å². The van der Waals surface area contributed by atoms with Crippen LogP contribution in [0.15, 0.2) is 78.9 Å². The summed E-state index contributed by atoms with van der Waals surface area (Å²) in [5.74, 6) is -1.13. The third-order valence-electron chi connectivity index (χ3n) is 4.87. The van der Waals surface area contributed by atoms with Gasteiger partial charge in [-0.3, -0.25) is 14.5 Å². The molecule has 1 aliphatic heterocycles. The number of alkyl halides is 3. The fraction of sp³-hybridized carbons (Fsp3) is 0.130. The third kappa shape index (κ3) is 4.53. The second kappa shape index (κ2) is 8.14. The highest BCUT2D eigenvalue weighted by molar-refractivity contribution is 6.13. The molecule has 0 saturated heterocycles. The smallest absolute Gasteiger partial charge is 0.406 e. The van der Waals surface area contributed by atoms with Crippen molar-refractivity contribution < 1.29 is 27.5 Å². The Labute approximate surface area is 176 Å². The van der Waals surface area contributed by atoms with Gasteiger partial charge in [0.05, 0.1) is 0 Å². The lowest BCUT2D eigenvalue weighted by atomic mass is 10.1. The maximum Gasteiger partial charge on any atom is 0.573 e. The molecule has 0 aromatic heterocycles. The summed E-state index contributed by atoms with van der Waals surface area (Å²) >= 11 is 0. The predicted octanol–water partition coefficient (Wildman–Crippen LogP) is 4.80. The molecule has 0 spiro atoms. The Kier molecular flexibility index (Phi) is 5.37. The number of nitrogens with zero attached hydrogens (tertiary/aromatic N) is 1. The summed E-state index contributed by atoms with van der Waals surface area (Å²) in [6.45, 7) is 0. The van der Waals surface area contributed by atoms with Crippen LogP contribution in [0.1, 0.15) is 15.9 Å². The van der Waals surface area contributed by atoms with Crippen molar-refractivity contribution in [1.29, 1.82) is 0 Å². The van der Waals surface area contributed by atoms with E-state index < -0.39 is 18.3 Å². The van der Waals surface area contributed by atoms with Crippen molar-refractivity contribution in [3.8, 4) is 5.75 Å². The lowest BCUT2D eigenvalue weighted by Gasteiger charge is -2.25. The number of halogens is 3. The number of carbonyl (C=O) groups is 2. The predicted molar refractivity (Wildman–Crippen MR) is 109 cm³/mol. The van der Waals surface area contributed by atoms with Crippen LogP contribution in [-0.4, -0.2) is 24.2 Å². The van der Waals surface area contributed by atoms with E-state index in [1.165, 1.54) is 17.0 Å². The van der Waals surface area contributed by atoms with Gasteiger partial charge >= 0.3 is 6.36 Å². The third-order valence-corrected chi connectivity index (χ3v) is 4.87. The first-order valence-electron chi connectivity index (χ1n) is 9.45. The molecule has 0 fully saturated rings. The summed E-state index contributed by atoms with van der Waals surface area (Å²) in [5.41, 5.74) is 2.26. The van der Waals surface area contributed by atoms with Crippen molar-refractivity contribution >= 4 is 23.2 Å². The Hall–Kier alpha value is -3.81. The van der Waals surface area contributed by atoms with E-state index in [-0.39, 0.29) is 11.7 Å². The first-order chi connectivity index (χ1) is 14.8. The fourth-order valence-corrected chi connectivity index (χ4v) is 3.53. The molecule has 1 heterocycles. The summed E-state index contributed by atoms with van der Waals surface area (Å²) in [4.78, 5) is 27.7. The molecular weight excluding hydrogens is 409 g/mol. The number of carbonyl (C=O) groups excluding carboxylic acids is 2. The zero-order chi connectivity index (χ0) is 22.0. The second-order valence-electron chi connectivity index (χ2n) is 6.95. The van der Waals surface area contributed by atoms with Crippen molar-refractivity contribution in [2.75, 3.05) is 10.2 Å². The van der Waals surface area contributed by atoms with Gasteiger partial charge < -0.3 is 10.1 Å². The monoisotopic (exact) mass is 426 g/mol. The number of amides is 2. The summed E-state index contributed by atoms with van der Waals surface area (Å²) in [6.07, 6.45) is -4.46. The Morgan fingerprint density at radius 1 is 0.903 bits per heavy atom. The molecule has 0 saturated carbocycles. The molecule has 2 amide bonds. The van der Waals surface area contributed by atoms with Crippen LogP contribution < -0.4 is 15.0 Å². The summed E-state index contributed by atoms with van der Waals surface area (Å²) in [5, 5.41) is 2.68. The Morgan fingerprint density at radius 3 is 2.23 bits per heavy atom. The lowest BCUT2D eigenvalue weighted by Crippen LogP contribution is -2.45. The molecule has 1 aliphatic rings. The van der Waals surface area contributed by atoms with Crippen molar-refractivity contribution in [1.82, 2.24) is 0 Å². The van der Waals surface area contributed by atoms with E-state index in [0.29, 0.717) is 23.4 Å². The van der Waals surface area contributed by atoms with Gasteiger partial charge in [0.25, 0.3) is 5.91 Å². The maximum absolute atomic E-state index is 13.2. The minimum Gasteiger partial charge on any atom is -0.406 e. The average Bonchev–Trinajstić information content (AvgIpc) is 3.14. The van der Waals surface area contributed by atoms with E-state index in [9.17, 15) is 22.8 Å². The van der Waals surface area contributed by atoms with E-state index in [4.69, 9.17) is 0 Å². The van der Waals surface area contributed by atoms with Crippen molar-refractivity contribution in [3.05, 3.63) is 90.0 Å². The molecule has 0 aliphatic carbocycles. The topological polar surface area (TPSA) is 58.6 Å². The van der Waals surface area contributed by atoms with Crippen LogP contribution in [-0.2, 0) is 11.2 Å². The first-order valence-corrected chi connectivity index (χ1v) is 9.45. The van der Waals surface area contributed by atoms with Crippen molar-refractivity contribution in [2.45, 2.75) is 18.8 Å². The number of anilines is 2. The number of nitrogens with one attached hydrogen (secondary N) is 1. The van der Waals surface area contributed by atoms with Crippen LogP contribution in [0.5, 0.6) is 5.75 Å². The standard InChI is InChI=1S/C23H17F3N2O3/c24-23(25,26)31-18-12-10-17(11-13-18)27-21(29)20-14-16-8-4-5-9-19(16)28(20)22(30)15-6-2-1-3-7-15/h1-13,20H,14H2,(H,27,29)/t20-/m1/s1. The van der Waals surface area contributed by atoms with Gasteiger partial charge in [-0.15, -0.1) is 13.2 Å². The maximum atomic E-state index is 13.2. The average molecular weight is 426 g/mol. The van der Waals surface area contributed by atoms with E-state index in [2.05, 4.69) is 10.1 Å². The number of rotatable bonds is 4. The van der Waals surface area contributed by atoms with Crippen molar-refractivity contribution in [2.24, 2.45) is 0 Å². The van der Waals surface area contributed by atoms with Gasteiger partial charge in [0.2, 0.25) is 5.91 Å². The molecule has 0 unspecified atom stereocenters. The molecule has 4 rings (SSSR count). The Morgan fingerprint density at radius 2 is 1.55 bits per heavy atom. The zero-order valence-corrected chi connectivity index (χ0v) is 16.1. The number of ether oxygens (including phenoxy) is 1. The van der Waals surface area contributed by atoms with E-state index >= 15 is 0 Å². The minimum absolute atomic E-state index is 0.294. The normalized spacial score (nSPS) is 15.3. The molecule has 0 radical (unpaired) electrons. The quantitative estimate of drug-likeness (QED) is 0.652. The summed E-state index contributed by atoms with van der Waals surface area (Å²) in [6, 6.07) is 20.0. The molecular formula is C23H17F3N2O3. The molecule has 0 bridgehead atoms. The SMILES string of the molecule is O=C(Nc1ccc(OC(F)(F)F)cc1)[C@H]1Cc2ccccc2N1C(=O)c1ccccc1. The molecule has 1 N–H and O–H groups in total. The van der Waals surface area contributed by atoms with Crippen molar-refractivity contribution in [3.63, 3.8) is 0 Å². The van der Waals surface area contributed by atoms with Gasteiger partial charge in [0.1, 0.15) is 11.8 Å². The largest absolute Gasteiger partial charge is 0.573 e. The van der Waals surface area contributed by atoms with Gasteiger partial charge in [-0.25, -0.2) is 0 Å². The molecule has 3 aromatic rings. The molecule has 1 atom stereocenters. The molecule has 5 nitrogen and oxygen atoms in total. The van der Waals surface area contributed by atoms with E-state index in [1.54, 1.807) is 42.5 Å². The Bertz CT molecular complexity index is 1100. The summed E-state index contributed by atoms with van der Waals surface area (Å²) in [7, 11) is 0. The molecule has 158 valence electrons. The van der Waals surface area contributed by atoms with Crippen LogP contribution in [0.4, 0.5) is 24.5 Å². The van der Waals surface area contributed by atoms with Gasteiger partial charge in [-0.05, 0) is 48.0 Å². The van der Waals surface area contributed by atoms with Crippen LogP contribution in [0.3, 0.4) is 0 Å². The highest BCUT2D eigenvalue weighted by atomic mass is 19.4. The van der Waals surface area contributed by atoms with Gasteiger partial charge in [0, 0.05) is 23.4 Å². The van der Waals surface area contributed by atoms with E-state index in [1.807, 2.05) is 12.1 Å². The number of fused-ring (bicyclic) bond motifs is 1. The number of hydrogen-bond acceptors (Lipinski definition) is 3. The lowest BCUT2D eigenvalue weighted by molar-refractivity contribution is -0.274. The summed E-state index contributed by atoms with van der Waals surface area (Å²) < 4.78 is 40.8. The Balaban J connectivity index is 1.56. The van der Waals surface area contributed by atoms with Crippen LogP contribution >= 0.6 is 0 Å². The van der Waals surface area contributed by atoms with E-state index in [0.717, 1.165) is 17.7 Å². The highest BCUT2D eigenvalue weighted by Crippen LogP contribution is 2.34. The fourth-order valence-electron chi connectivity index (χ4n) is 3.53. The number of para-hydroxylation sites is 1.